The largest absolute Gasteiger partial charge is 0.408 e. The number of H-pyrrole nitrogens is 1. The molecular weight excluding hydrogens is 430 g/mol. The van der Waals surface area contributed by atoms with Gasteiger partial charge in [-0.3, -0.25) is 14.3 Å². The van der Waals surface area contributed by atoms with Crippen LogP contribution in [0.4, 0.5) is 17.6 Å². The second-order valence-electron chi connectivity index (χ2n) is 8.02. The number of amides is 2. The van der Waals surface area contributed by atoms with Crippen LogP contribution in [0, 0.1) is 12.7 Å². The molecule has 2 N–H and O–H groups in total. The van der Waals surface area contributed by atoms with Gasteiger partial charge in [-0.05, 0) is 44.5 Å². The lowest BCUT2D eigenvalue weighted by Crippen LogP contribution is -2.46. The lowest BCUT2D eigenvalue weighted by molar-refractivity contribution is -0.149. The fourth-order valence-corrected chi connectivity index (χ4v) is 3.81. The van der Waals surface area contributed by atoms with Crippen LogP contribution in [-0.2, 0) is 13.1 Å². The number of nitrogens with one attached hydrogen (secondary N) is 2. The number of fused-ring (bicyclic) bond motifs is 2. The quantitative estimate of drug-likeness (QED) is 0.598. The Kier molecular flexibility index (Phi) is 5.22. The molecule has 7 nitrogen and oxygen atoms in total. The third kappa shape index (κ3) is 3.71. The van der Waals surface area contributed by atoms with Crippen molar-refractivity contribution in [3.63, 3.8) is 0 Å². The van der Waals surface area contributed by atoms with Crippen LogP contribution in [0.15, 0.2) is 24.4 Å². The molecule has 32 heavy (non-hydrogen) atoms. The fraction of sp³-hybridized carbons (Fsp3) is 0.381. The minimum absolute atomic E-state index is 0.00807. The highest BCUT2D eigenvalue weighted by Gasteiger charge is 2.38. The molecule has 0 radical (unpaired) electrons. The number of hydrogen-bond donors (Lipinski definition) is 2. The van der Waals surface area contributed by atoms with E-state index in [2.05, 4.69) is 10.1 Å². The maximum absolute atomic E-state index is 13.9. The summed E-state index contributed by atoms with van der Waals surface area (Å²) in [6.07, 6.45) is -3.36. The fourth-order valence-electron chi connectivity index (χ4n) is 3.81. The molecule has 4 rings (SSSR count). The first kappa shape index (κ1) is 21.8. The molecule has 0 saturated carbocycles. The van der Waals surface area contributed by atoms with E-state index in [1.807, 2.05) is 12.2 Å². The Hall–Kier alpha value is -3.37. The Morgan fingerprint density at radius 1 is 1.31 bits per heavy atom. The van der Waals surface area contributed by atoms with Crippen molar-refractivity contribution >= 4 is 22.7 Å². The SMILES string of the molecule is Cc1c(F)ccc2[nH]c(C(=O)N3Cc4c(C(=O)NC(C)C(F)(F)F)cnn4CC3C)cc12. The smallest absolute Gasteiger partial charge is 0.351 e. The number of alkyl halides is 3. The minimum atomic E-state index is -4.58. The summed E-state index contributed by atoms with van der Waals surface area (Å²) in [5, 5.41) is 6.62. The van der Waals surface area contributed by atoms with E-state index in [0.29, 0.717) is 22.2 Å². The maximum atomic E-state index is 13.9. The van der Waals surface area contributed by atoms with Gasteiger partial charge in [0.05, 0.1) is 30.5 Å². The van der Waals surface area contributed by atoms with Gasteiger partial charge in [0.15, 0.2) is 0 Å². The highest BCUT2D eigenvalue weighted by molar-refractivity contribution is 5.99. The van der Waals surface area contributed by atoms with Crippen LogP contribution in [0.1, 0.15) is 46.0 Å². The van der Waals surface area contributed by atoms with Crippen LogP contribution in [0.3, 0.4) is 0 Å². The van der Waals surface area contributed by atoms with Crippen molar-refractivity contribution in [2.24, 2.45) is 0 Å². The molecule has 0 bridgehead atoms. The minimum Gasteiger partial charge on any atom is -0.351 e. The van der Waals surface area contributed by atoms with Crippen LogP contribution >= 0.6 is 0 Å². The monoisotopic (exact) mass is 451 g/mol. The molecule has 3 aromatic rings. The first-order valence-corrected chi connectivity index (χ1v) is 9.98. The molecule has 0 fully saturated rings. The Bertz CT molecular complexity index is 1210. The lowest BCUT2D eigenvalue weighted by atomic mass is 10.1. The topological polar surface area (TPSA) is 83.0 Å². The summed E-state index contributed by atoms with van der Waals surface area (Å²) in [6, 6.07) is 2.13. The number of benzene rings is 1. The van der Waals surface area contributed by atoms with Crippen molar-refractivity contribution in [2.45, 2.75) is 52.1 Å². The number of aromatic nitrogens is 3. The molecule has 0 saturated heterocycles. The molecule has 11 heteroatoms. The number of aromatic amines is 1. The van der Waals surface area contributed by atoms with E-state index in [4.69, 9.17) is 0 Å². The second kappa shape index (κ2) is 7.64. The van der Waals surface area contributed by atoms with E-state index < -0.39 is 18.1 Å². The summed E-state index contributed by atoms with van der Waals surface area (Å²) in [7, 11) is 0. The van der Waals surface area contributed by atoms with E-state index in [1.54, 1.807) is 19.1 Å². The summed E-state index contributed by atoms with van der Waals surface area (Å²) in [6.45, 7) is 4.55. The summed E-state index contributed by atoms with van der Waals surface area (Å²) in [5.41, 5.74) is 1.62. The highest BCUT2D eigenvalue weighted by Crippen LogP contribution is 2.27. The normalized spacial score (nSPS) is 17.3. The zero-order valence-corrected chi connectivity index (χ0v) is 17.5. The maximum Gasteiger partial charge on any atom is 0.408 e. The van der Waals surface area contributed by atoms with Gasteiger partial charge in [0, 0.05) is 16.9 Å². The number of carbonyl (C=O) groups excluding carboxylic acids is 2. The van der Waals surface area contributed by atoms with Gasteiger partial charge in [-0.15, -0.1) is 0 Å². The Morgan fingerprint density at radius 3 is 2.72 bits per heavy atom. The van der Waals surface area contributed by atoms with Gasteiger partial charge in [-0.2, -0.15) is 18.3 Å². The molecule has 2 unspecified atom stereocenters. The molecule has 0 aliphatic carbocycles. The van der Waals surface area contributed by atoms with Crippen molar-refractivity contribution in [3.8, 4) is 0 Å². The summed E-state index contributed by atoms with van der Waals surface area (Å²) in [4.78, 5) is 30.2. The highest BCUT2D eigenvalue weighted by atomic mass is 19.4. The molecule has 2 atom stereocenters. The Labute approximate surface area is 180 Å². The Balaban J connectivity index is 1.61. The molecule has 0 spiro atoms. The van der Waals surface area contributed by atoms with Gasteiger partial charge in [0.25, 0.3) is 11.8 Å². The third-order valence-corrected chi connectivity index (χ3v) is 5.82. The molecule has 1 aliphatic heterocycles. The molecule has 1 aromatic carbocycles. The van der Waals surface area contributed by atoms with E-state index in [1.165, 1.54) is 21.8 Å². The number of halogens is 4. The molecule has 3 heterocycles. The van der Waals surface area contributed by atoms with E-state index in [0.717, 1.165) is 6.92 Å². The average molecular weight is 451 g/mol. The van der Waals surface area contributed by atoms with Crippen molar-refractivity contribution < 1.29 is 27.2 Å². The van der Waals surface area contributed by atoms with Crippen LogP contribution < -0.4 is 5.32 Å². The first-order chi connectivity index (χ1) is 15.0. The van der Waals surface area contributed by atoms with Crippen LogP contribution in [-0.4, -0.2) is 49.7 Å². The van der Waals surface area contributed by atoms with E-state index in [9.17, 15) is 27.2 Å². The predicted octanol–water partition coefficient (Wildman–Crippen LogP) is 3.54. The lowest BCUT2D eigenvalue weighted by Gasteiger charge is -2.34. The molecule has 2 amide bonds. The number of rotatable bonds is 3. The molecular formula is C21H21F4N5O2. The van der Waals surface area contributed by atoms with Crippen molar-refractivity contribution in [1.29, 1.82) is 0 Å². The summed E-state index contributed by atoms with van der Waals surface area (Å²) >= 11 is 0. The van der Waals surface area contributed by atoms with Gasteiger partial charge >= 0.3 is 6.18 Å². The number of nitrogens with zero attached hydrogens (tertiary/aromatic N) is 3. The number of carbonyl (C=O) groups is 2. The Morgan fingerprint density at radius 2 is 2.03 bits per heavy atom. The summed E-state index contributed by atoms with van der Waals surface area (Å²) in [5.74, 6) is -1.65. The van der Waals surface area contributed by atoms with E-state index in [-0.39, 0.29) is 42.1 Å². The standard InChI is InChI=1S/C21H21F4N5O2/c1-10-8-30-18(14(7-26-30)19(31)27-12(3)21(23,24)25)9-29(10)20(32)17-6-13-11(2)15(22)4-5-16(13)28-17/h4-7,10,12,28H,8-9H2,1-3H3,(H,27,31). The van der Waals surface area contributed by atoms with Crippen molar-refractivity contribution in [2.75, 3.05) is 0 Å². The zero-order chi connectivity index (χ0) is 23.4. The van der Waals surface area contributed by atoms with Crippen LogP contribution in [0.2, 0.25) is 0 Å². The zero-order valence-electron chi connectivity index (χ0n) is 17.5. The van der Waals surface area contributed by atoms with Gasteiger partial charge in [0.1, 0.15) is 17.6 Å². The number of hydrogen-bond acceptors (Lipinski definition) is 3. The van der Waals surface area contributed by atoms with Crippen LogP contribution in [0.25, 0.3) is 10.9 Å². The van der Waals surface area contributed by atoms with Crippen molar-refractivity contribution in [1.82, 2.24) is 25.0 Å². The van der Waals surface area contributed by atoms with Crippen LogP contribution in [0.5, 0.6) is 0 Å². The van der Waals surface area contributed by atoms with Gasteiger partial charge in [0.2, 0.25) is 0 Å². The van der Waals surface area contributed by atoms with Crippen molar-refractivity contribution in [3.05, 3.63) is 52.7 Å². The second-order valence-corrected chi connectivity index (χ2v) is 8.02. The van der Waals surface area contributed by atoms with Gasteiger partial charge < -0.3 is 15.2 Å². The number of aryl methyl sites for hydroxylation is 1. The first-order valence-electron chi connectivity index (χ1n) is 9.98. The molecule has 170 valence electrons. The predicted molar refractivity (Wildman–Crippen MR) is 108 cm³/mol. The average Bonchev–Trinajstić information content (AvgIpc) is 3.33. The van der Waals surface area contributed by atoms with Gasteiger partial charge in [-0.1, -0.05) is 0 Å². The summed E-state index contributed by atoms with van der Waals surface area (Å²) < 4.78 is 53.9. The third-order valence-electron chi connectivity index (χ3n) is 5.82. The molecule has 1 aliphatic rings. The van der Waals surface area contributed by atoms with Gasteiger partial charge in [-0.25, -0.2) is 4.39 Å². The molecule has 2 aromatic heterocycles. The van der Waals surface area contributed by atoms with E-state index >= 15 is 0 Å².